The van der Waals surface area contributed by atoms with E-state index in [0.717, 1.165) is 40.9 Å². The summed E-state index contributed by atoms with van der Waals surface area (Å²) in [6.07, 6.45) is 6.46. The van der Waals surface area contributed by atoms with Crippen LogP contribution in [0.1, 0.15) is 97.2 Å². The van der Waals surface area contributed by atoms with Crippen molar-refractivity contribution in [2.45, 2.75) is 122 Å². The highest BCUT2D eigenvalue weighted by Gasteiger charge is 2.60. The number of hydrogen-bond acceptors (Lipinski definition) is 10. The lowest BCUT2D eigenvalue weighted by Crippen LogP contribution is -2.58. The van der Waals surface area contributed by atoms with E-state index in [1.807, 2.05) is 49.6 Å². The number of fused-ring (bicyclic) bond motifs is 3. The van der Waals surface area contributed by atoms with Gasteiger partial charge < -0.3 is 35.5 Å². The van der Waals surface area contributed by atoms with E-state index in [4.69, 9.17) is 29.9 Å². The van der Waals surface area contributed by atoms with Crippen LogP contribution in [-0.2, 0) is 19.1 Å². The third-order valence-electron chi connectivity index (χ3n) is 10.8. The summed E-state index contributed by atoms with van der Waals surface area (Å²) in [5.41, 5.74) is 6.99. The molecule has 4 heterocycles. The Morgan fingerprint density at radius 1 is 1.13 bits per heavy atom. The van der Waals surface area contributed by atoms with Crippen molar-refractivity contribution < 1.29 is 33.4 Å². The Morgan fingerprint density at radius 3 is 2.56 bits per heavy atom. The molecule has 0 radical (unpaired) electrons. The lowest BCUT2D eigenvalue weighted by atomic mass is 9.98. The average Bonchev–Trinajstić information content (AvgIpc) is 3.41. The Balaban J connectivity index is 1.40. The number of aromatic nitrogens is 2. The number of primary amides is 1. The van der Waals surface area contributed by atoms with E-state index in [9.17, 15) is 19.2 Å². The molecule has 1 saturated carbocycles. The second-order valence-electron chi connectivity index (χ2n) is 16.4. The van der Waals surface area contributed by atoms with Gasteiger partial charge in [0.05, 0.1) is 24.9 Å². The highest BCUT2D eigenvalue weighted by molar-refractivity contribution is 7.13. The fourth-order valence-electron chi connectivity index (χ4n) is 7.61. The first kappa shape index (κ1) is 40.0. The van der Waals surface area contributed by atoms with Crippen LogP contribution in [0.3, 0.4) is 0 Å². The summed E-state index contributed by atoms with van der Waals surface area (Å²) in [4.78, 5) is 66.4. The molecule has 6 atom stereocenters. The molecule has 6 rings (SSSR count). The number of carbonyl (C=O) groups excluding carboxylic acids is 4. The van der Waals surface area contributed by atoms with Gasteiger partial charge in [-0.05, 0) is 71.4 Å². The number of ether oxygens (including phenoxy) is 3. The van der Waals surface area contributed by atoms with Crippen LogP contribution in [0.25, 0.3) is 21.6 Å². The van der Waals surface area contributed by atoms with E-state index in [2.05, 4.69) is 24.5 Å². The number of nitrogens with zero attached hydrogens (tertiary/aromatic N) is 3. The van der Waals surface area contributed by atoms with E-state index in [0.29, 0.717) is 42.0 Å². The monoisotopic (exact) mass is 774 g/mol. The Kier molecular flexibility index (Phi) is 11.5. The number of methoxy groups -OCH3 is 1. The maximum atomic E-state index is 14.7. The first-order valence-corrected chi connectivity index (χ1v) is 20.1. The Bertz CT molecular complexity index is 1990. The quantitative estimate of drug-likeness (QED) is 0.237. The van der Waals surface area contributed by atoms with Crippen molar-refractivity contribution in [3.63, 3.8) is 0 Å². The fourth-order valence-corrected chi connectivity index (χ4v) is 8.55. The number of nitrogens with one attached hydrogen (secondary N) is 2. The molecule has 3 aliphatic rings. The number of benzene rings is 1. The van der Waals surface area contributed by atoms with Gasteiger partial charge in [-0.25, -0.2) is 14.8 Å². The molecule has 0 spiro atoms. The summed E-state index contributed by atoms with van der Waals surface area (Å²) in [6, 6.07) is 3.62. The average molecular weight is 775 g/mol. The standard InChI is InChI=1S/C41H54N6O7S/c1-22(2)29-21-55-36(44-29)28-18-31(26-16-17-30(52-8)23(3)33(26)43-28)53-32-20-47-34(24(32)4)35(48)46-41(38(42)50)19-25(41)14-12-10-9-11-13-15-27(37(47)49)45-39(51)54-40(5,6)7/h12,14,16-18,21-22,24-25,27,32,34H,9-11,13,15,19-20H2,1-8H3,(H2,42,50)(H,45,51)(H,46,48). The number of rotatable bonds is 7. The molecule has 1 aromatic carbocycles. The Labute approximate surface area is 326 Å². The first-order valence-electron chi connectivity index (χ1n) is 19.2. The number of aryl methyl sites for hydroxylation is 1. The minimum Gasteiger partial charge on any atom is -0.496 e. The van der Waals surface area contributed by atoms with Crippen molar-refractivity contribution in [2.24, 2.45) is 17.6 Å². The number of thiazole rings is 1. The number of hydrogen-bond donors (Lipinski definition) is 3. The molecule has 2 aromatic heterocycles. The topological polar surface area (TPSA) is 175 Å². The van der Waals surface area contributed by atoms with Gasteiger partial charge in [0.25, 0.3) is 0 Å². The molecule has 1 aliphatic carbocycles. The molecule has 55 heavy (non-hydrogen) atoms. The van der Waals surface area contributed by atoms with E-state index in [-0.39, 0.29) is 18.4 Å². The second-order valence-corrected chi connectivity index (χ2v) is 17.2. The summed E-state index contributed by atoms with van der Waals surface area (Å²) in [6.45, 7) is 13.3. The molecule has 2 aliphatic heterocycles. The van der Waals surface area contributed by atoms with Gasteiger partial charge in [0.1, 0.15) is 51.5 Å². The smallest absolute Gasteiger partial charge is 0.408 e. The van der Waals surface area contributed by atoms with Crippen LogP contribution in [0.15, 0.2) is 35.7 Å². The van der Waals surface area contributed by atoms with Crippen LogP contribution in [0, 0.1) is 18.8 Å². The van der Waals surface area contributed by atoms with Gasteiger partial charge in [0.15, 0.2) is 0 Å². The van der Waals surface area contributed by atoms with Crippen LogP contribution in [0.2, 0.25) is 0 Å². The van der Waals surface area contributed by atoms with Gasteiger partial charge in [-0.15, -0.1) is 11.3 Å². The van der Waals surface area contributed by atoms with Gasteiger partial charge >= 0.3 is 6.09 Å². The van der Waals surface area contributed by atoms with Gasteiger partial charge in [-0.3, -0.25) is 14.4 Å². The van der Waals surface area contributed by atoms with Crippen molar-refractivity contribution in [2.75, 3.05) is 13.7 Å². The molecular formula is C41H54N6O7S. The maximum Gasteiger partial charge on any atom is 0.408 e. The number of nitrogens with two attached hydrogens (primary N) is 1. The largest absolute Gasteiger partial charge is 0.496 e. The number of carbonyl (C=O) groups is 4. The number of amides is 4. The molecule has 0 bridgehead atoms. The molecule has 6 unspecified atom stereocenters. The molecule has 2 fully saturated rings. The summed E-state index contributed by atoms with van der Waals surface area (Å²) >= 11 is 1.50. The van der Waals surface area contributed by atoms with Gasteiger partial charge in [-0.2, -0.15) is 0 Å². The molecule has 13 nitrogen and oxygen atoms in total. The van der Waals surface area contributed by atoms with Crippen molar-refractivity contribution in [1.29, 1.82) is 0 Å². The zero-order valence-electron chi connectivity index (χ0n) is 33.1. The van der Waals surface area contributed by atoms with Crippen LogP contribution in [0.5, 0.6) is 11.5 Å². The van der Waals surface area contributed by atoms with Crippen molar-refractivity contribution in [3.8, 4) is 22.2 Å². The predicted octanol–water partition coefficient (Wildman–Crippen LogP) is 6.17. The summed E-state index contributed by atoms with van der Waals surface area (Å²) in [5.74, 6) is -0.905. The maximum absolute atomic E-state index is 14.7. The van der Waals surface area contributed by atoms with Gasteiger partial charge in [-0.1, -0.05) is 45.8 Å². The molecule has 3 aromatic rings. The highest BCUT2D eigenvalue weighted by atomic mass is 32.1. The molecule has 4 amide bonds. The third kappa shape index (κ3) is 8.44. The minimum atomic E-state index is -1.25. The van der Waals surface area contributed by atoms with Crippen molar-refractivity contribution >= 4 is 46.1 Å². The SMILES string of the molecule is COc1ccc2c(OC3CN4C(=O)C(NC(=O)OC(C)(C)C)CCCCCC=CC5CC5(C(N)=O)NC(=O)C4C3C)cc(-c3nc(C(C)C)cs3)nc2c1C. The van der Waals surface area contributed by atoms with Crippen LogP contribution < -0.4 is 25.8 Å². The first-order chi connectivity index (χ1) is 26.0. The lowest BCUT2D eigenvalue weighted by molar-refractivity contribution is -0.142. The van der Waals surface area contributed by atoms with Gasteiger partial charge in [0.2, 0.25) is 17.7 Å². The van der Waals surface area contributed by atoms with Crippen LogP contribution >= 0.6 is 11.3 Å². The molecule has 1 saturated heterocycles. The van der Waals surface area contributed by atoms with Crippen molar-refractivity contribution in [1.82, 2.24) is 25.5 Å². The molecule has 296 valence electrons. The highest BCUT2D eigenvalue weighted by Crippen LogP contribution is 2.45. The summed E-state index contributed by atoms with van der Waals surface area (Å²) in [5, 5.41) is 9.27. The normalized spacial score (nSPS) is 26.1. The molecule has 14 heteroatoms. The third-order valence-corrected chi connectivity index (χ3v) is 11.7. The van der Waals surface area contributed by atoms with E-state index < -0.39 is 59.1 Å². The van der Waals surface area contributed by atoms with Crippen LogP contribution in [-0.4, -0.2) is 81.7 Å². The zero-order chi connectivity index (χ0) is 39.8. The molecule has 4 N–H and O–H groups in total. The van der Waals surface area contributed by atoms with E-state index >= 15 is 0 Å². The number of allylic oxidation sites excluding steroid dienone is 1. The summed E-state index contributed by atoms with van der Waals surface area (Å²) < 4.78 is 18.1. The second kappa shape index (κ2) is 15.8. The number of alkyl carbamates (subject to hydrolysis) is 1. The lowest BCUT2D eigenvalue weighted by Gasteiger charge is -2.31. The zero-order valence-corrected chi connectivity index (χ0v) is 33.9. The Morgan fingerprint density at radius 2 is 1.89 bits per heavy atom. The number of pyridine rings is 1. The van der Waals surface area contributed by atoms with Crippen molar-refractivity contribution in [3.05, 3.63) is 47.0 Å². The predicted molar refractivity (Wildman–Crippen MR) is 211 cm³/mol. The van der Waals surface area contributed by atoms with E-state index in [1.54, 1.807) is 27.9 Å². The van der Waals surface area contributed by atoms with Crippen LogP contribution in [0.4, 0.5) is 4.79 Å². The fraction of sp³-hybridized carbons (Fsp3) is 0.561. The summed E-state index contributed by atoms with van der Waals surface area (Å²) in [7, 11) is 1.61. The van der Waals surface area contributed by atoms with Gasteiger partial charge in [0, 0.05) is 34.2 Å². The minimum absolute atomic E-state index is 0.0422. The van der Waals surface area contributed by atoms with E-state index in [1.165, 1.54) is 16.2 Å². The Hall–Kier alpha value is -4.72. The molecular weight excluding hydrogens is 721 g/mol.